The van der Waals surface area contributed by atoms with Gasteiger partial charge >= 0.3 is 0 Å². The van der Waals surface area contributed by atoms with Gasteiger partial charge < -0.3 is 5.32 Å². The number of benzene rings is 1. The molecule has 1 aromatic carbocycles. The minimum absolute atomic E-state index is 0.158. The van der Waals surface area contributed by atoms with Crippen molar-refractivity contribution in [3.8, 4) is 0 Å². The van der Waals surface area contributed by atoms with E-state index in [1.54, 1.807) is 45.0 Å². The predicted octanol–water partition coefficient (Wildman–Crippen LogP) is 2.17. The Kier molecular flexibility index (Phi) is 7.69. The summed E-state index contributed by atoms with van der Waals surface area (Å²) in [7, 11) is -3.52. The molecule has 1 heterocycles. The standard InChI is InChI=1S/C20H28N4O4S/c1-5-14-24-19(25)13-12-18(22-24)20(26)21-15(4)16-8-10-17(11-9-16)29(27,28)23(6-2)7-3/h8-13,15H,5-7,14H2,1-4H3,(H,21,26)/t15-/m1/s1. The van der Waals surface area contributed by atoms with Gasteiger partial charge in [0.15, 0.2) is 0 Å². The molecule has 0 fully saturated rings. The Balaban J connectivity index is 2.15. The zero-order valence-corrected chi connectivity index (χ0v) is 18.1. The van der Waals surface area contributed by atoms with E-state index in [0.717, 1.165) is 12.0 Å². The molecule has 1 aromatic heterocycles. The lowest BCUT2D eigenvalue weighted by Gasteiger charge is -2.19. The number of amides is 1. The Labute approximate surface area is 171 Å². The lowest BCUT2D eigenvalue weighted by atomic mass is 10.1. The van der Waals surface area contributed by atoms with Crippen molar-refractivity contribution < 1.29 is 13.2 Å². The van der Waals surface area contributed by atoms with Crippen molar-refractivity contribution in [2.75, 3.05) is 13.1 Å². The van der Waals surface area contributed by atoms with E-state index in [4.69, 9.17) is 0 Å². The van der Waals surface area contributed by atoms with Crippen LogP contribution in [0.1, 0.15) is 56.2 Å². The zero-order chi connectivity index (χ0) is 21.6. The highest BCUT2D eigenvalue weighted by Gasteiger charge is 2.22. The maximum Gasteiger partial charge on any atom is 0.272 e. The van der Waals surface area contributed by atoms with Gasteiger partial charge in [0.05, 0.1) is 10.9 Å². The summed E-state index contributed by atoms with van der Waals surface area (Å²) in [6, 6.07) is 8.84. The molecule has 0 saturated heterocycles. The summed E-state index contributed by atoms with van der Waals surface area (Å²) in [6.45, 7) is 8.56. The molecule has 29 heavy (non-hydrogen) atoms. The molecule has 8 nitrogen and oxygen atoms in total. The second-order valence-electron chi connectivity index (χ2n) is 6.63. The van der Waals surface area contributed by atoms with Crippen molar-refractivity contribution in [3.05, 3.63) is 58.0 Å². The average Bonchev–Trinajstić information content (AvgIpc) is 2.70. The van der Waals surface area contributed by atoms with Crippen LogP contribution in [0.3, 0.4) is 0 Å². The van der Waals surface area contributed by atoms with Crippen molar-refractivity contribution >= 4 is 15.9 Å². The van der Waals surface area contributed by atoms with Crippen LogP contribution in [0.4, 0.5) is 0 Å². The van der Waals surface area contributed by atoms with Crippen LogP contribution in [0.15, 0.2) is 46.1 Å². The minimum atomic E-state index is -3.52. The molecule has 0 aliphatic rings. The van der Waals surface area contributed by atoms with Crippen LogP contribution in [0.5, 0.6) is 0 Å². The van der Waals surface area contributed by atoms with Crippen LogP contribution in [0, 0.1) is 0 Å². The molecule has 1 atom stereocenters. The van der Waals surface area contributed by atoms with Crippen molar-refractivity contribution in [2.45, 2.75) is 51.6 Å². The van der Waals surface area contributed by atoms with Crippen LogP contribution < -0.4 is 10.9 Å². The topological polar surface area (TPSA) is 101 Å². The normalized spacial score (nSPS) is 12.7. The molecule has 0 aliphatic heterocycles. The largest absolute Gasteiger partial charge is 0.344 e. The predicted molar refractivity (Wildman–Crippen MR) is 111 cm³/mol. The smallest absolute Gasteiger partial charge is 0.272 e. The number of carbonyl (C=O) groups excluding carboxylic acids is 1. The molecule has 0 bridgehead atoms. The lowest BCUT2D eigenvalue weighted by molar-refractivity contribution is 0.0932. The van der Waals surface area contributed by atoms with Crippen molar-refractivity contribution in [3.63, 3.8) is 0 Å². The summed E-state index contributed by atoms with van der Waals surface area (Å²) in [6.07, 6.45) is 0.733. The molecular formula is C20H28N4O4S. The first kappa shape index (κ1) is 22.8. The maximum absolute atomic E-state index is 12.6. The number of hydrogen-bond donors (Lipinski definition) is 1. The summed E-state index contributed by atoms with van der Waals surface area (Å²) in [5, 5.41) is 6.93. The average molecular weight is 421 g/mol. The third-order valence-electron chi connectivity index (χ3n) is 4.61. The molecule has 9 heteroatoms. The zero-order valence-electron chi connectivity index (χ0n) is 17.3. The number of aromatic nitrogens is 2. The fourth-order valence-corrected chi connectivity index (χ4v) is 4.40. The van der Waals surface area contributed by atoms with E-state index in [1.807, 2.05) is 6.92 Å². The Morgan fingerprint density at radius 3 is 2.28 bits per heavy atom. The number of nitrogens with zero attached hydrogens (tertiary/aromatic N) is 3. The number of sulfonamides is 1. The lowest BCUT2D eigenvalue weighted by Crippen LogP contribution is -2.31. The van der Waals surface area contributed by atoms with Crippen LogP contribution in [-0.4, -0.2) is 41.5 Å². The first-order chi connectivity index (χ1) is 13.7. The van der Waals surface area contributed by atoms with Gasteiger partial charge in [-0.15, -0.1) is 0 Å². The molecule has 0 aliphatic carbocycles. The second kappa shape index (κ2) is 9.80. The maximum atomic E-state index is 12.6. The molecule has 0 spiro atoms. The molecule has 2 rings (SSSR count). The van der Waals surface area contributed by atoms with Crippen molar-refractivity contribution in [2.24, 2.45) is 0 Å². The molecule has 0 saturated carbocycles. The van der Waals surface area contributed by atoms with Gasteiger partial charge in [-0.1, -0.05) is 32.9 Å². The monoisotopic (exact) mass is 420 g/mol. The Morgan fingerprint density at radius 1 is 1.10 bits per heavy atom. The number of nitrogens with one attached hydrogen (secondary N) is 1. The van der Waals surface area contributed by atoms with Crippen LogP contribution >= 0.6 is 0 Å². The summed E-state index contributed by atoms with van der Waals surface area (Å²) in [4.78, 5) is 24.5. The third kappa shape index (κ3) is 5.30. The summed E-state index contributed by atoms with van der Waals surface area (Å²) in [5.74, 6) is -0.401. The van der Waals surface area contributed by atoms with E-state index < -0.39 is 15.9 Å². The number of carbonyl (C=O) groups is 1. The first-order valence-electron chi connectivity index (χ1n) is 9.73. The number of aryl methyl sites for hydroxylation is 1. The summed E-state index contributed by atoms with van der Waals surface area (Å²) < 4.78 is 27.8. The fourth-order valence-electron chi connectivity index (χ4n) is 2.94. The summed E-state index contributed by atoms with van der Waals surface area (Å²) >= 11 is 0. The number of rotatable bonds is 9. The van der Waals surface area contributed by atoms with E-state index in [2.05, 4.69) is 10.4 Å². The van der Waals surface area contributed by atoms with Gasteiger partial charge in [0.25, 0.3) is 11.5 Å². The SMILES string of the molecule is CCCn1nc(C(=O)N[C@H](C)c2ccc(S(=O)(=O)N(CC)CC)cc2)ccc1=O. The molecule has 1 N–H and O–H groups in total. The Bertz CT molecular complexity index is 996. The molecular weight excluding hydrogens is 392 g/mol. The van der Waals surface area contributed by atoms with E-state index in [0.29, 0.717) is 19.6 Å². The highest BCUT2D eigenvalue weighted by molar-refractivity contribution is 7.89. The molecule has 0 radical (unpaired) electrons. The molecule has 2 aromatic rings. The fraction of sp³-hybridized carbons (Fsp3) is 0.450. The van der Waals surface area contributed by atoms with Crippen LogP contribution in [0.2, 0.25) is 0 Å². The van der Waals surface area contributed by atoms with Crippen LogP contribution in [0.25, 0.3) is 0 Å². The Morgan fingerprint density at radius 2 is 1.72 bits per heavy atom. The van der Waals surface area contributed by atoms with E-state index >= 15 is 0 Å². The van der Waals surface area contributed by atoms with Gasteiger partial charge in [-0.05, 0) is 37.1 Å². The van der Waals surface area contributed by atoms with Crippen LogP contribution in [-0.2, 0) is 16.6 Å². The Hall–Kier alpha value is -2.52. The van der Waals surface area contributed by atoms with Gasteiger partial charge in [0, 0.05) is 25.7 Å². The van der Waals surface area contributed by atoms with E-state index in [9.17, 15) is 18.0 Å². The highest BCUT2D eigenvalue weighted by atomic mass is 32.2. The third-order valence-corrected chi connectivity index (χ3v) is 6.67. The molecule has 1 amide bonds. The number of hydrogen-bond acceptors (Lipinski definition) is 5. The summed E-state index contributed by atoms with van der Waals surface area (Å²) in [5.41, 5.74) is 0.672. The molecule has 158 valence electrons. The molecule has 0 unspecified atom stereocenters. The van der Waals surface area contributed by atoms with Crippen molar-refractivity contribution in [1.29, 1.82) is 0 Å². The minimum Gasteiger partial charge on any atom is -0.344 e. The quantitative estimate of drug-likeness (QED) is 0.670. The van der Waals surface area contributed by atoms with E-state index in [1.165, 1.54) is 21.1 Å². The van der Waals surface area contributed by atoms with E-state index in [-0.39, 0.29) is 22.2 Å². The van der Waals surface area contributed by atoms with Gasteiger partial charge in [-0.2, -0.15) is 9.40 Å². The second-order valence-corrected chi connectivity index (χ2v) is 8.57. The van der Waals surface area contributed by atoms with Gasteiger partial charge in [0.1, 0.15) is 5.69 Å². The first-order valence-corrected chi connectivity index (χ1v) is 11.2. The highest BCUT2D eigenvalue weighted by Crippen LogP contribution is 2.19. The van der Waals surface area contributed by atoms with Gasteiger partial charge in [-0.3, -0.25) is 9.59 Å². The van der Waals surface area contributed by atoms with Gasteiger partial charge in [0.2, 0.25) is 10.0 Å². The van der Waals surface area contributed by atoms with Crippen molar-refractivity contribution in [1.82, 2.24) is 19.4 Å². The van der Waals surface area contributed by atoms with Gasteiger partial charge in [-0.25, -0.2) is 13.1 Å².